The fourth-order valence-electron chi connectivity index (χ4n) is 3.02. The number of hydrogen-bond acceptors (Lipinski definition) is 7. The first kappa shape index (κ1) is 22.6. The smallest absolute Gasteiger partial charge is 0.418 e. The third-order valence-electron chi connectivity index (χ3n) is 4.52. The predicted molar refractivity (Wildman–Crippen MR) is 113 cm³/mol. The fraction of sp³-hybridized carbons (Fsp3) is 0.100. The number of carboxylic acids is 1. The maximum absolute atomic E-state index is 13.6. The lowest BCUT2D eigenvalue weighted by molar-refractivity contribution is -0.137. The van der Waals surface area contributed by atoms with Crippen molar-refractivity contribution in [3.8, 4) is 27.0 Å². The van der Waals surface area contributed by atoms with E-state index >= 15 is 0 Å². The van der Waals surface area contributed by atoms with E-state index in [1.807, 2.05) is 0 Å². The van der Waals surface area contributed by atoms with Crippen molar-refractivity contribution in [2.45, 2.75) is 11.1 Å². The van der Waals surface area contributed by atoms with Crippen molar-refractivity contribution in [3.63, 3.8) is 0 Å². The quantitative estimate of drug-likeness (QED) is 0.443. The van der Waals surface area contributed by atoms with Gasteiger partial charge in [-0.25, -0.2) is 17.9 Å². The van der Waals surface area contributed by atoms with Crippen LogP contribution in [0.3, 0.4) is 0 Å². The Bertz CT molecular complexity index is 1480. The molecule has 2 aromatic carbocycles. The van der Waals surface area contributed by atoms with Crippen LogP contribution >= 0.6 is 11.3 Å². The Balaban J connectivity index is 1.86. The Morgan fingerprint density at radius 2 is 1.73 bits per heavy atom. The van der Waals surface area contributed by atoms with Crippen LogP contribution in [0, 0.1) is 0 Å². The standard InChI is InChI=1S/C20H13F3N4O4S2/c1-33(30,31)12-6-4-5-11(9-12)17-24-25-18(32-17)16-10-14(19(28)29)26-27(16)15-8-3-2-7-13(15)20(21,22)23/h2-10H,1H3,(H,28,29). The van der Waals surface area contributed by atoms with E-state index in [-0.39, 0.29) is 21.3 Å². The zero-order valence-electron chi connectivity index (χ0n) is 16.6. The molecule has 0 saturated heterocycles. The number of aromatic carboxylic acids is 1. The number of rotatable bonds is 5. The third kappa shape index (κ3) is 4.50. The van der Waals surface area contributed by atoms with Crippen LogP contribution in [0.2, 0.25) is 0 Å². The molecule has 170 valence electrons. The van der Waals surface area contributed by atoms with Gasteiger partial charge < -0.3 is 5.11 Å². The molecule has 0 aliphatic heterocycles. The summed E-state index contributed by atoms with van der Waals surface area (Å²) in [5, 5.41) is 21.6. The number of sulfone groups is 1. The topological polar surface area (TPSA) is 115 Å². The van der Waals surface area contributed by atoms with E-state index in [0.717, 1.165) is 34.4 Å². The van der Waals surface area contributed by atoms with Crippen molar-refractivity contribution in [2.75, 3.05) is 6.26 Å². The second kappa shape index (κ2) is 8.08. The van der Waals surface area contributed by atoms with Crippen LogP contribution in [0.4, 0.5) is 13.2 Å². The van der Waals surface area contributed by atoms with Gasteiger partial charge in [0.15, 0.2) is 20.5 Å². The maximum Gasteiger partial charge on any atom is 0.418 e. The molecule has 4 aromatic rings. The Hall–Kier alpha value is -3.58. The highest BCUT2D eigenvalue weighted by molar-refractivity contribution is 7.90. The molecule has 33 heavy (non-hydrogen) atoms. The molecule has 13 heteroatoms. The molecular weight excluding hydrogens is 481 g/mol. The molecule has 0 saturated carbocycles. The second-order valence-corrected chi connectivity index (χ2v) is 9.85. The number of hydrogen-bond donors (Lipinski definition) is 1. The Morgan fingerprint density at radius 1 is 1.03 bits per heavy atom. The van der Waals surface area contributed by atoms with Crippen molar-refractivity contribution < 1.29 is 31.5 Å². The van der Waals surface area contributed by atoms with Crippen molar-refractivity contribution in [1.82, 2.24) is 20.0 Å². The van der Waals surface area contributed by atoms with Gasteiger partial charge >= 0.3 is 12.1 Å². The molecule has 8 nitrogen and oxygen atoms in total. The summed E-state index contributed by atoms with van der Waals surface area (Å²) in [6.07, 6.45) is -3.65. The molecule has 1 N–H and O–H groups in total. The highest BCUT2D eigenvalue weighted by Gasteiger charge is 2.35. The molecule has 0 fully saturated rings. The summed E-state index contributed by atoms with van der Waals surface area (Å²) in [5.74, 6) is -1.43. The zero-order valence-corrected chi connectivity index (χ0v) is 18.2. The van der Waals surface area contributed by atoms with Gasteiger partial charge in [0.05, 0.1) is 16.1 Å². The largest absolute Gasteiger partial charge is 0.476 e. The molecule has 0 aliphatic carbocycles. The Labute approximate surface area is 188 Å². The van der Waals surface area contributed by atoms with Crippen LogP contribution in [0.25, 0.3) is 27.0 Å². The highest BCUT2D eigenvalue weighted by atomic mass is 32.2. The number of alkyl halides is 3. The van der Waals surface area contributed by atoms with Crippen LogP contribution in [-0.2, 0) is 16.0 Å². The lowest BCUT2D eigenvalue weighted by Gasteiger charge is -2.13. The van der Waals surface area contributed by atoms with Crippen molar-refractivity contribution >= 4 is 27.1 Å². The SMILES string of the molecule is CS(=O)(=O)c1cccc(-c2nnc(-c3cc(C(=O)O)nn3-c3ccccc3C(F)(F)F)s2)c1. The molecule has 0 spiro atoms. The summed E-state index contributed by atoms with van der Waals surface area (Å²) in [4.78, 5) is 11.5. The van der Waals surface area contributed by atoms with Crippen molar-refractivity contribution in [3.05, 3.63) is 65.9 Å². The molecule has 0 radical (unpaired) electrons. The summed E-state index contributed by atoms with van der Waals surface area (Å²) in [6.45, 7) is 0. The average molecular weight is 494 g/mol. The van der Waals surface area contributed by atoms with Gasteiger partial charge in [-0.05, 0) is 24.3 Å². The first-order valence-corrected chi connectivity index (χ1v) is 11.8. The van der Waals surface area contributed by atoms with Crippen LogP contribution in [0.15, 0.2) is 59.5 Å². The van der Waals surface area contributed by atoms with Gasteiger partial charge in [-0.3, -0.25) is 0 Å². The molecular formula is C20H13F3N4O4S2. The number of nitrogens with zero attached hydrogens (tertiary/aromatic N) is 4. The van der Waals surface area contributed by atoms with Gasteiger partial charge in [0, 0.05) is 17.9 Å². The van der Waals surface area contributed by atoms with E-state index in [1.165, 1.54) is 36.4 Å². The van der Waals surface area contributed by atoms with Crippen LogP contribution in [0.1, 0.15) is 16.1 Å². The Kier molecular flexibility index (Phi) is 5.54. The van der Waals surface area contributed by atoms with Crippen LogP contribution in [-0.4, -0.2) is 45.7 Å². The van der Waals surface area contributed by atoms with Crippen LogP contribution < -0.4 is 0 Å². The summed E-state index contributed by atoms with van der Waals surface area (Å²) >= 11 is 0.954. The number of carbonyl (C=O) groups is 1. The second-order valence-electron chi connectivity index (χ2n) is 6.86. The molecule has 0 aliphatic rings. The van der Waals surface area contributed by atoms with E-state index in [0.29, 0.717) is 10.6 Å². The zero-order chi connectivity index (χ0) is 24.0. The van der Waals surface area contributed by atoms with E-state index in [4.69, 9.17) is 0 Å². The van der Waals surface area contributed by atoms with E-state index in [1.54, 1.807) is 6.07 Å². The molecule has 0 amide bonds. The molecule has 0 unspecified atom stereocenters. The van der Waals surface area contributed by atoms with Gasteiger partial charge in [0.1, 0.15) is 10.7 Å². The summed E-state index contributed by atoms with van der Waals surface area (Å²) in [7, 11) is -3.48. The molecule has 2 aromatic heterocycles. The van der Waals surface area contributed by atoms with Crippen LogP contribution in [0.5, 0.6) is 0 Å². The fourth-order valence-corrected chi connectivity index (χ4v) is 4.53. The summed E-state index contributed by atoms with van der Waals surface area (Å²) in [6, 6.07) is 11.7. The van der Waals surface area contributed by atoms with E-state index < -0.39 is 33.2 Å². The number of para-hydroxylation sites is 1. The predicted octanol–water partition coefficient (Wildman–Crippen LogP) is 4.18. The molecule has 0 atom stereocenters. The lowest BCUT2D eigenvalue weighted by atomic mass is 10.1. The van der Waals surface area contributed by atoms with Crippen molar-refractivity contribution in [2.24, 2.45) is 0 Å². The maximum atomic E-state index is 13.6. The van der Waals surface area contributed by atoms with E-state index in [9.17, 15) is 31.5 Å². The molecule has 4 rings (SSSR count). The van der Waals surface area contributed by atoms with Gasteiger partial charge in [0.25, 0.3) is 0 Å². The van der Waals surface area contributed by atoms with E-state index in [2.05, 4.69) is 15.3 Å². The number of carboxylic acid groups (broad SMARTS) is 1. The monoisotopic (exact) mass is 494 g/mol. The van der Waals surface area contributed by atoms with Crippen molar-refractivity contribution in [1.29, 1.82) is 0 Å². The minimum atomic E-state index is -4.71. The minimum Gasteiger partial charge on any atom is -0.476 e. The minimum absolute atomic E-state index is 0.00730. The highest BCUT2D eigenvalue weighted by Crippen LogP contribution is 2.37. The first-order chi connectivity index (χ1) is 15.4. The molecule has 0 bridgehead atoms. The lowest BCUT2D eigenvalue weighted by Crippen LogP contribution is -2.12. The normalized spacial score (nSPS) is 12.1. The number of benzene rings is 2. The first-order valence-electron chi connectivity index (χ1n) is 9.09. The average Bonchev–Trinajstić information content (AvgIpc) is 3.40. The van der Waals surface area contributed by atoms with Gasteiger partial charge in [-0.15, -0.1) is 10.2 Å². The van der Waals surface area contributed by atoms with Gasteiger partial charge in [0.2, 0.25) is 0 Å². The summed E-state index contributed by atoms with van der Waals surface area (Å²) < 4.78 is 65.2. The molecule has 2 heterocycles. The summed E-state index contributed by atoms with van der Waals surface area (Å²) in [5.41, 5.74) is -1.42. The number of aromatic nitrogens is 4. The number of halogens is 3. The van der Waals surface area contributed by atoms with Gasteiger partial charge in [-0.1, -0.05) is 35.6 Å². The Morgan fingerprint density at radius 3 is 2.39 bits per heavy atom. The van der Waals surface area contributed by atoms with Gasteiger partial charge in [-0.2, -0.15) is 18.3 Å². The third-order valence-corrected chi connectivity index (χ3v) is 6.62.